The molecule has 0 amide bonds. The van der Waals surface area contributed by atoms with Gasteiger partial charge in [0, 0.05) is 23.1 Å². The molecule has 0 aliphatic carbocycles. The van der Waals surface area contributed by atoms with Gasteiger partial charge in [-0.1, -0.05) is 60.7 Å². The van der Waals surface area contributed by atoms with Crippen LogP contribution in [0.2, 0.25) is 0 Å². The van der Waals surface area contributed by atoms with Crippen LogP contribution in [-0.4, -0.2) is 10.1 Å². The molecule has 4 rings (SSSR count). The molecule has 0 saturated heterocycles. The van der Waals surface area contributed by atoms with Crippen molar-refractivity contribution in [3.8, 4) is 0 Å². The molecule has 4 aromatic rings. The molecule has 4 heteroatoms. The van der Waals surface area contributed by atoms with Gasteiger partial charge in [-0.2, -0.15) is 0 Å². The number of hydrogen-bond donors (Lipinski definition) is 3. The van der Waals surface area contributed by atoms with Crippen molar-refractivity contribution in [2.45, 2.75) is 18.7 Å². The molecule has 0 radical (unpaired) electrons. The second-order valence-electron chi connectivity index (χ2n) is 6.65. The Morgan fingerprint density at radius 2 is 1.52 bits per heavy atom. The summed E-state index contributed by atoms with van der Waals surface area (Å²) in [5.41, 5.74) is 3.71. The standard InChI is InChI=1S/C23H21FN2O/c24-19-11-12-21-18(13-19)14-20(26-21)15-25-22(16-7-3-1-4-8-16)23(27)17-9-5-2-6-10-17/h1-14,22-23,25-27H,15H2. The van der Waals surface area contributed by atoms with E-state index in [1.54, 1.807) is 6.07 Å². The zero-order valence-electron chi connectivity index (χ0n) is 14.8. The minimum absolute atomic E-state index is 0.248. The number of nitrogens with one attached hydrogen (secondary N) is 2. The average molecular weight is 360 g/mol. The van der Waals surface area contributed by atoms with Crippen molar-refractivity contribution >= 4 is 10.9 Å². The largest absolute Gasteiger partial charge is 0.386 e. The Morgan fingerprint density at radius 1 is 0.852 bits per heavy atom. The molecule has 3 N–H and O–H groups in total. The van der Waals surface area contributed by atoms with E-state index in [-0.39, 0.29) is 11.9 Å². The second-order valence-corrected chi connectivity index (χ2v) is 6.65. The minimum Gasteiger partial charge on any atom is -0.386 e. The fourth-order valence-electron chi connectivity index (χ4n) is 3.39. The summed E-state index contributed by atoms with van der Waals surface area (Å²) in [5.74, 6) is -0.248. The molecule has 2 atom stereocenters. The van der Waals surface area contributed by atoms with Crippen LogP contribution in [0.3, 0.4) is 0 Å². The fourth-order valence-corrected chi connectivity index (χ4v) is 3.39. The van der Waals surface area contributed by atoms with Crippen LogP contribution in [0.25, 0.3) is 10.9 Å². The van der Waals surface area contributed by atoms with Gasteiger partial charge in [0.1, 0.15) is 5.82 Å². The number of aliphatic hydroxyl groups is 1. The number of benzene rings is 3. The van der Waals surface area contributed by atoms with Crippen LogP contribution in [0.15, 0.2) is 84.9 Å². The van der Waals surface area contributed by atoms with E-state index in [0.29, 0.717) is 6.54 Å². The molecule has 3 nitrogen and oxygen atoms in total. The summed E-state index contributed by atoms with van der Waals surface area (Å²) in [6, 6.07) is 25.9. The van der Waals surface area contributed by atoms with E-state index in [1.165, 1.54) is 12.1 Å². The van der Waals surface area contributed by atoms with Gasteiger partial charge >= 0.3 is 0 Å². The molecule has 0 aliphatic rings. The Hall–Kier alpha value is -2.95. The Bertz CT molecular complexity index is 1010. The van der Waals surface area contributed by atoms with Crippen molar-refractivity contribution in [2.24, 2.45) is 0 Å². The maximum Gasteiger partial charge on any atom is 0.123 e. The lowest BCUT2D eigenvalue weighted by Crippen LogP contribution is -2.27. The van der Waals surface area contributed by atoms with Crippen LogP contribution < -0.4 is 5.32 Å². The smallest absolute Gasteiger partial charge is 0.123 e. The maximum atomic E-state index is 13.4. The first-order valence-corrected chi connectivity index (χ1v) is 8.99. The molecule has 0 spiro atoms. The van der Waals surface area contributed by atoms with Crippen LogP contribution in [0.4, 0.5) is 4.39 Å². The van der Waals surface area contributed by atoms with Gasteiger partial charge in [-0.25, -0.2) is 4.39 Å². The Balaban J connectivity index is 1.58. The van der Waals surface area contributed by atoms with Crippen molar-refractivity contribution < 1.29 is 9.50 Å². The van der Waals surface area contributed by atoms with E-state index >= 15 is 0 Å². The SMILES string of the molecule is OC(c1ccccc1)C(NCc1cc2cc(F)ccc2[nH]1)c1ccccc1. The maximum absolute atomic E-state index is 13.4. The van der Waals surface area contributed by atoms with Crippen molar-refractivity contribution in [1.82, 2.24) is 10.3 Å². The van der Waals surface area contributed by atoms with E-state index < -0.39 is 6.10 Å². The zero-order chi connectivity index (χ0) is 18.6. The first kappa shape index (κ1) is 17.5. The predicted octanol–water partition coefficient (Wildman–Crippen LogP) is 4.87. The molecule has 0 aliphatic heterocycles. The van der Waals surface area contributed by atoms with Crippen molar-refractivity contribution in [3.63, 3.8) is 0 Å². The molecular weight excluding hydrogens is 339 g/mol. The van der Waals surface area contributed by atoms with E-state index in [1.807, 2.05) is 66.7 Å². The first-order valence-electron chi connectivity index (χ1n) is 8.99. The number of fused-ring (bicyclic) bond motifs is 1. The fraction of sp³-hybridized carbons (Fsp3) is 0.130. The highest BCUT2D eigenvalue weighted by atomic mass is 19.1. The molecule has 2 unspecified atom stereocenters. The van der Waals surface area contributed by atoms with E-state index in [2.05, 4.69) is 10.3 Å². The summed E-state index contributed by atoms with van der Waals surface area (Å²) >= 11 is 0. The van der Waals surface area contributed by atoms with E-state index in [9.17, 15) is 9.50 Å². The third kappa shape index (κ3) is 3.92. The lowest BCUT2D eigenvalue weighted by Gasteiger charge is -2.25. The van der Waals surface area contributed by atoms with Crippen LogP contribution in [-0.2, 0) is 6.54 Å². The van der Waals surface area contributed by atoms with Gasteiger partial charge in [0.2, 0.25) is 0 Å². The Kier molecular flexibility index (Phi) is 5.01. The second kappa shape index (κ2) is 7.74. The highest BCUT2D eigenvalue weighted by Gasteiger charge is 2.22. The molecule has 3 aromatic carbocycles. The molecule has 136 valence electrons. The van der Waals surface area contributed by atoms with Crippen molar-refractivity contribution in [1.29, 1.82) is 0 Å². The van der Waals surface area contributed by atoms with E-state index in [0.717, 1.165) is 27.7 Å². The van der Waals surface area contributed by atoms with Gasteiger partial charge in [-0.05, 0) is 35.4 Å². The van der Waals surface area contributed by atoms with Crippen molar-refractivity contribution in [2.75, 3.05) is 0 Å². The summed E-state index contributed by atoms with van der Waals surface area (Å²) < 4.78 is 13.4. The molecule has 0 bridgehead atoms. The summed E-state index contributed by atoms with van der Waals surface area (Å²) in [7, 11) is 0. The number of aromatic nitrogens is 1. The Morgan fingerprint density at radius 3 is 2.22 bits per heavy atom. The quantitative estimate of drug-likeness (QED) is 0.459. The number of H-pyrrole nitrogens is 1. The minimum atomic E-state index is -0.685. The number of hydrogen-bond acceptors (Lipinski definition) is 2. The predicted molar refractivity (Wildman–Crippen MR) is 106 cm³/mol. The zero-order valence-corrected chi connectivity index (χ0v) is 14.8. The van der Waals surface area contributed by atoms with Gasteiger partial charge in [-0.15, -0.1) is 0 Å². The summed E-state index contributed by atoms with van der Waals surface area (Å²) in [4.78, 5) is 3.30. The van der Waals surface area contributed by atoms with Crippen LogP contribution in [0, 0.1) is 5.82 Å². The third-order valence-corrected chi connectivity index (χ3v) is 4.77. The molecule has 1 heterocycles. The van der Waals surface area contributed by atoms with Gasteiger partial charge in [0.25, 0.3) is 0 Å². The molecule has 0 saturated carbocycles. The van der Waals surface area contributed by atoms with Crippen molar-refractivity contribution in [3.05, 3.63) is 108 Å². The highest BCUT2D eigenvalue weighted by molar-refractivity contribution is 5.80. The number of rotatable bonds is 6. The van der Waals surface area contributed by atoms with Gasteiger partial charge in [-0.3, -0.25) is 0 Å². The third-order valence-electron chi connectivity index (χ3n) is 4.77. The average Bonchev–Trinajstić information content (AvgIpc) is 3.11. The summed E-state index contributed by atoms with van der Waals surface area (Å²) in [6.45, 7) is 0.528. The molecule has 1 aromatic heterocycles. The number of halogens is 1. The first-order chi connectivity index (χ1) is 13.2. The monoisotopic (exact) mass is 360 g/mol. The number of aliphatic hydroxyl groups excluding tert-OH is 1. The molecule has 0 fully saturated rings. The Labute approximate surface area is 157 Å². The van der Waals surface area contributed by atoms with Crippen LogP contribution in [0.5, 0.6) is 0 Å². The van der Waals surface area contributed by atoms with Gasteiger partial charge in [0.05, 0.1) is 12.1 Å². The van der Waals surface area contributed by atoms with Gasteiger partial charge < -0.3 is 15.4 Å². The van der Waals surface area contributed by atoms with Gasteiger partial charge in [0.15, 0.2) is 0 Å². The van der Waals surface area contributed by atoms with E-state index in [4.69, 9.17) is 0 Å². The number of aromatic amines is 1. The topological polar surface area (TPSA) is 48.0 Å². The van der Waals surface area contributed by atoms with Crippen LogP contribution >= 0.6 is 0 Å². The molecule has 27 heavy (non-hydrogen) atoms. The molecular formula is C23H21FN2O. The lowest BCUT2D eigenvalue weighted by atomic mass is 9.95. The highest BCUT2D eigenvalue weighted by Crippen LogP contribution is 2.29. The summed E-state index contributed by atoms with van der Waals surface area (Å²) in [6.07, 6.45) is -0.685. The summed E-state index contributed by atoms with van der Waals surface area (Å²) in [5, 5.41) is 15.3. The van der Waals surface area contributed by atoms with Crippen LogP contribution in [0.1, 0.15) is 29.0 Å². The lowest BCUT2D eigenvalue weighted by molar-refractivity contribution is 0.127. The normalized spacial score (nSPS) is 13.6.